The Hall–Kier alpha value is -2.57. The molecular formula is C22H29NO5. The third kappa shape index (κ3) is 6.25. The molecule has 0 heterocycles. The molecule has 0 aliphatic rings. The molecule has 0 bridgehead atoms. The molecule has 0 amide bonds. The van der Waals surface area contributed by atoms with Crippen LogP contribution in [0.5, 0.6) is 11.5 Å². The van der Waals surface area contributed by atoms with Gasteiger partial charge in [0.15, 0.2) is 11.5 Å². The van der Waals surface area contributed by atoms with Gasteiger partial charge in [-0.05, 0) is 56.9 Å². The standard InChI is InChI=1S/C22H29NO5/c1-14(2)28-22(27)20(21(26)17-11-12-18(24)19(25)13-17)23-15(3)9-10-16-7-5-4-6-8-16/h4-8,11-15,20-21,23-26H,9-10H2,1-3H3/t15?,20-,21?/m0/s1. The van der Waals surface area contributed by atoms with Crippen LogP contribution in [0, 0.1) is 0 Å². The third-order valence-electron chi connectivity index (χ3n) is 4.44. The molecule has 2 aromatic carbocycles. The molecule has 6 heteroatoms. The first kappa shape index (κ1) is 21.7. The van der Waals surface area contributed by atoms with Crippen molar-refractivity contribution in [1.82, 2.24) is 5.32 Å². The summed E-state index contributed by atoms with van der Waals surface area (Å²) in [6, 6.07) is 12.9. The monoisotopic (exact) mass is 387 g/mol. The molecule has 3 atom stereocenters. The number of rotatable bonds is 9. The number of aliphatic hydroxyl groups excluding tert-OH is 1. The van der Waals surface area contributed by atoms with Crippen molar-refractivity contribution in [1.29, 1.82) is 0 Å². The highest BCUT2D eigenvalue weighted by Gasteiger charge is 2.31. The molecular weight excluding hydrogens is 358 g/mol. The van der Waals surface area contributed by atoms with Crippen LogP contribution in [0.25, 0.3) is 0 Å². The first-order valence-corrected chi connectivity index (χ1v) is 9.48. The van der Waals surface area contributed by atoms with E-state index in [-0.39, 0.29) is 23.6 Å². The topological polar surface area (TPSA) is 99.0 Å². The van der Waals surface area contributed by atoms with Crippen molar-refractivity contribution < 1.29 is 24.9 Å². The molecule has 2 aromatic rings. The van der Waals surface area contributed by atoms with Gasteiger partial charge < -0.3 is 20.1 Å². The van der Waals surface area contributed by atoms with Crippen LogP contribution in [0.2, 0.25) is 0 Å². The number of hydrogen-bond acceptors (Lipinski definition) is 6. The Morgan fingerprint density at radius 3 is 2.32 bits per heavy atom. The third-order valence-corrected chi connectivity index (χ3v) is 4.44. The number of aliphatic hydroxyl groups is 1. The van der Waals surface area contributed by atoms with Gasteiger partial charge in [0, 0.05) is 6.04 Å². The Kier molecular flexibility index (Phi) is 7.84. The van der Waals surface area contributed by atoms with Gasteiger partial charge in [-0.15, -0.1) is 0 Å². The van der Waals surface area contributed by atoms with Crippen molar-refractivity contribution in [2.24, 2.45) is 0 Å². The van der Waals surface area contributed by atoms with Gasteiger partial charge in [0.2, 0.25) is 0 Å². The molecule has 0 saturated carbocycles. The summed E-state index contributed by atoms with van der Waals surface area (Å²) in [6.07, 6.45) is 0.0360. The van der Waals surface area contributed by atoms with Crippen LogP contribution < -0.4 is 5.32 Å². The minimum Gasteiger partial charge on any atom is -0.504 e. The second-order valence-electron chi connectivity index (χ2n) is 7.25. The highest BCUT2D eigenvalue weighted by molar-refractivity contribution is 5.77. The van der Waals surface area contributed by atoms with Crippen molar-refractivity contribution >= 4 is 5.97 Å². The number of nitrogens with one attached hydrogen (secondary N) is 1. The predicted octanol–water partition coefficient (Wildman–Crippen LogP) is 3.06. The average molecular weight is 387 g/mol. The number of aromatic hydroxyl groups is 2. The van der Waals surface area contributed by atoms with Gasteiger partial charge in [-0.2, -0.15) is 0 Å². The van der Waals surface area contributed by atoms with Crippen LogP contribution in [0.15, 0.2) is 48.5 Å². The molecule has 4 N–H and O–H groups in total. The fourth-order valence-corrected chi connectivity index (χ4v) is 2.93. The maximum Gasteiger partial charge on any atom is 0.326 e. The number of esters is 1. The minimum absolute atomic E-state index is 0.0646. The lowest BCUT2D eigenvalue weighted by Crippen LogP contribution is -2.47. The van der Waals surface area contributed by atoms with E-state index < -0.39 is 18.1 Å². The van der Waals surface area contributed by atoms with Gasteiger partial charge in [-0.25, -0.2) is 0 Å². The summed E-state index contributed by atoms with van der Waals surface area (Å²) >= 11 is 0. The molecule has 6 nitrogen and oxygen atoms in total. The number of carbonyl (C=O) groups excluding carboxylic acids is 1. The van der Waals surface area contributed by atoms with Crippen LogP contribution in [0.4, 0.5) is 0 Å². The van der Waals surface area contributed by atoms with Crippen molar-refractivity contribution in [3.8, 4) is 11.5 Å². The highest BCUT2D eigenvalue weighted by atomic mass is 16.5. The molecule has 0 radical (unpaired) electrons. The van der Waals surface area contributed by atoms with Crippen LogP contribution in [0.3, 0.4) is 0 Å². The smallest absolute Gasteiger partial charge is 0.326 e. The molecule has 0 aromatic heterocycles. The lowest BCUT2D eigenvalue weighted by molar-refractivity contribution is -0.153. The zero-order valence-corrected chi connectivity index (χ0v) is 16.5. The Balaban J connectivity index is 2.11. The lowest BCUT2D eigenvalue weighted by atomic mass is 9.99. The van der Waals surface area contributed by atoms with E-state index in [4.69, 9.17) is 4.74 Å². The number of benzene rings is 2. The summed E-state index contributed by atoms with van der Waals surface area (Å²) in [6.45, 7) is 5.43. The molecule has 0 fully saturated rings. The second kappa shape index (κ2) is 10.1. The van der Waals surface area contributed by atoms with E-state index in [0.29, 0.717) is 5.56 Å². The molecule has 0 saturated heterocycles. The highest BCUT2D eigenvalue weighted by Crippen LogP contribution is 2.29. The summed E-state index contributed by atoms with van der Waals surface area (Å²) < 4.78 is 5.30. The largest absolute Gasteiger partial charge is 0.504 e. The van der Waals surface area contributed by atoms with Crippen LogP contribution in [0.1, 0.15) is 44.4 Å². The maximum absolute atomic E-state index is 12.6. The number of aryl methyl sites for hydroxylation is 1. The van der Waals surface area contributed by atoms with Crippen molar-refractivity contribution in [3.05, 3.63) is 59.7 Å². The molecule has 0 aliphatic heterocycles. The van der Waals surface area contributed by atoms with Crippen LogP contribution in [-0.4, -0.2) is 39.5 Å². The van der Waals surface area contributed by atoms with Crippen LogP contribution in [-0.2, 0) is 16.0 Å². The molecule has 0 aliphatic carbocycles. The van der Waals surface area contributed by atoms with Gasteiger partial charge in [-0.3, -0.25) is 10.1 Å². The van der Waals surface area contributed by atoms with Gasteiger partial charge in [0.25, 0.3) is 0 Å². The summed E-state index contributed by atoms with van der Waals surface area (Å²) in [5.41, 5.74) is 1.50. The summed E-state index contributed by atoms with van der Waals surface area (Å²) in [5, 5.41) is 33.1. The molecule has 152 valence electrons. The van der Waals surface area contributed by atoms with Crippen LogP contribution >= 0.6 is 0 Å². The van der Waals surface area contributed by atoms with E-state index in [2.05, 4.69) is 5.32 Å². The zero-order valence-electron chi connectivity index (χ0n) is 16.5. The number of phenolic OH excluding ortho intramolecular Hbond substituents is 2. The minimum atomic E-state index is -1.24. The fraction of sp³-hybridized carbons (Fsp3) is 0.409. The summed E-state index contributed by atoms with van der Waals surface area (Å²) in [5.74, 6) is -1.22. The van der Waals surface area contributed by atoms with E-state index in [0.717, 1.165) is 12.8 Å². The number of ether oxygens (including phenoxy) is 1. The first-order valence-electron chi connectivity index (χ1n) is 9.48. The molecule has 0 spiro atoms. The van der Waals surface area contributed by atoms with Gasteiger partial charge >= 0.3 is 5.97 Å². The van der Waals surface area contributed by atoms with E-state index in [1.165, 1.54) is 23.8 Å². The quantitative estimate of drug-likeness (QED) is 0.390. The lowest BCUT2D eigenvalue weighted by Gasteiger charge is -2.27. The SMILES string of the molecule is CC(CCc1ccccc1)N[C@H](C(=O)OC(C)C)C(O)c1ccc(O)c(O)c1. The average Bonchev–Trinajstić information content (AvgIpc) is 2.66. The van der Waals surface area contributed by atoms with E-state index in [9.17, 15) is 20.1 Å². The van der Waals surface area contributed by atoms with E-state index >= 15 is 0 Å². The normalized spacial score (nSPS) is 14.5. The van der Waals surface area contributed by atoms with Gasteiger partial charge in [0.05, 0.1) is 6.10 Å². The molecule has 2 rings (SSSR count). The van der Waals surface area contributed by atoms with Gasteiger partial charge in [-0.1, -0.05) is 36.4 Å². The second-order valence-corrected chi connectivity index (χ2v) is 7.25. The van der Waals surface area contributed by atoms with Crippen molar-refractivity contribution in [2.45, 2.75) is 57.9 Å². The van der Waals surface area contributed by atoms with Crippen molar-refractivity contribution in [3.63, 3.8) is 0 Å². The molecule has 28 heavy (non-hydrogen) atoms. The predicted molar refractivity (Wildman–Crippen MR) is 107 cm³/mol. The van der Waals surface area contributed by atoms with E-state index in [1.54, 1.807) is 13.8 Å². The number of hydrogen-bond donors (Lipinski definition) is 4. The van der Waals surface area contributed by atoms with Gasteiger partial charge in [0.1, 0.15) is 12.1 Å². The zero-order chi connectivity index (χ0) is 20.7. The Bertz CT molecular complexity index is 763. The first-order chi connectivity index (χ1) is 13.3. The maximum atomic E-state index is 12.6. The Labute approximate surface area is 165 Å². The number of carbonyl (C=O) groups is 1. The number of phenols is 2. The van der Waals surface area contributed by atoms with Crippen molar-refractivity contribution in [2.75, 3.05) is 0 Å². The summed E-state index contributed by atoms with van der Waals surface area (Å²) in [7, 11) is 0. The Morgan fingerprint density at radius 2 is 1.71 bits per heavy atom. The molecule has 2 unspecified atom stereocenters. The summed E-state index contributed by atoms with van der Waals surface area (Å²) in [4.78, 5) is 12.6. The Morgan fingerprint density at radius 1 is 1.04 bits per heavy atom. The fourth-order valence-electron chi connectivity index (χ4n) is 2.93. The van der Waals surface area contributed by atoms with E-state index in [1.807, 2.05) is 37.3 Å².